The topological polar surface area (TPSA) is 26.3 Å². The quantitative estimate of drug-likeness (QED) is 0.759. The van der Waals surface area contributed by atoms with Crippen LogP contribution in [0.2, 0.25) is 0 Å². The first-order valence-corrected chi connectivity index (χ1v) is 8.53. The third-order valence-corrected chi connectivity index (χ3v) is 6.38. The van der Waals surface area contributed by atoms with E-state index in [-0.39, 0.29) is 5.41 Å². The predicted molar refractivity (Wildman–Crippen MR) is 87.9 cm³/mol. The van der Waals surface area contributed by atoms with E-state index < -0.39 is 0 Å². The van der Waals surface area contributed by atoms with E-state index >= 15 is 0 Å². The van der Waals surface area contributed by atoms with Crippen LogP contribution in [0.5, 0.6) is 5.75 Å². The number of ketones is 1. The molecule has 0 aromatic heterocycles. The standard InChI is InChI=1S/C20H24O2/c1-20-10-9-15(21)12-14(20)4-6-18-17-7-5-16(22-2)11-13(17)3-8-19(18)20/h5,7,11,14H,3-4,6,8-10,12H2,1-2H3/t14-,20-/m0/s1. The molecule has 0 unspecified atom stereocenters. The molecule has 22 heavy (non-hydrogen) atoms. The van der Waals surface area contributed by atoms with Gasteiger partial charge in [-0.3, -0.25) is 4.79 Å². The molecule has 1 aromatic rings. The number of methoxy groups -OCH3 is 1. The van der Waals surface area contributed by atoms with E-state index in [9.17, 15) is 4.79 Å². The number of allylic oxidation sites excluding steroid dienone is 2. The van der Waals surface area contributed by atoms with E-state index in [1.54, 1.807) is 18.3 Å². The van der Waals surface area contributed by atoms with Gasteiger partial charge in [-0.1, -0.05) is 18.6 Å². The molecule has 116 valence electrons. The second kappa shape index (κ2) is 4.97. The molecule has 2 heteroatoms. The Labute approximate surface area is 132 Å². The van der Waals surface area contributed by atoms with Gasteiger partial charge in [-0.25, -0.2) is 0 Å². The molecule has 3 aliphatic rings. The molecule has 0 N–H and O–H groups in total. The van der Waals surface area contributed by atoms with Gasteiger partial charge in [0.25, 0.3) is 0 Å². The fraction of sp³-hybridized carbons (Fsp3) is 0.550. The van der Waals surface area contributed by atoms with E-state index in [0.717, 1.165) is 44.3 Å². The molecule has 1 fully saturated rings. The highest BCUT2D eigenvalue weighted by atomic mass is 16.5. The van der Waals surface area contributed by atoms with E-state index in [4.69, 9.17) is 4.74 Å². The van der Waals surface area contributed by atoms with Crippen molar-refractivity contribution in [3.05, 3.63) is 34.9 Å². The summed E-state index contributed by atoms with van der Waals surface area (Å²) in [6.45, 7) is 2.42. The van der Waals surface area contributed by atoms with Crippen molar-refractivity contribution in [3.8, 4) is 5.75 Å². The molecule has 3 aliphatic carbocycles. The number of hydrogen-bond acceptors (Lipinski definition) is 2. The van der Waals surface area contributed by atoms with Crippen LogP contribution >= 0.6 is 0 Å². The Balaban J connectivity index is 1.79. The largest absolute Gasteiger partial charge is 0.497 e. The molecule has 0 amide bonds. The SMILES string of the molecule is COc1ccc2c(c1)CCC1=C2CC[C@H]2CC(=O)CC[C@]12C. The average molecular weight is 296 g/mol. The van der Waals surface area contributed by atoms with Crippen molar-refractivity contribution in [1.29, 1.82) is 0 Å². The molecule has 2 atom stereocenters. The number of rotatable bonds is 1. The molecule has 0 saturated heterocycles. The first-order chi connectivity index (χ1) is 10.6. The zero-order chi connectivity index (χ0) is 15.3. The van der Waals surface area contributed by atoms with Gasteiger partial charge >= 0.3 is 0 Å². The second-order valence-electron chi connectivity index (χ2n) is 7.38. The Morgan fingerprint density at radius 3 is 2.86 bits per heavy atom. The van der Waals surface area contributed by atoms with Crippen molar-refractivity contribution < 1.29 is 9.53 Å². The van der Waals surface area contributed by atoms with Crippen LogP contribution in [0, 0.1) is 11.3 Å². The molecule has 0 heterocycles. The summed E-state index contributed by atoms with van der Waals surface area (Å²) in [6, 6.07) is 6.55. The van der Waals surface area contributed by atoms with E-state index in [1.165, 1.54) is 17.5 Å². The van der Waals surface area contributed by atoms with Crippen molar-refractivity contribution in [1.82, 2.24) is 0 Å². The van der Waals surface area contributed by atoms with Crippen molar-refractivity contribution in [2.75, 3.05) is 7.11 Å². The maximum absolute atomic E-state index is 11.9. The van der Waals surface area contributed by atoms with Gasteiger partial charge in [0.1, 0.15) is 11.5 Å². The van der Waals surface area contributed by atoms with Gasteiger partial charge in [0.05, 0.1) is 7.11 Å². The summed E-state index contributed by atoms with van der Waals surface area (Å²) in [5, 5.41) is 0. The highest BCUT2D eigenvalue weighted by molar-refractivity contribution is 5.82. The van der Waals surface area contributed by atoms with Gasteiger partial charge in [0, 0.05) is 12.8 Å². The number of ether oxygens (including phenoxy) is 1. The highest BCUT2D eigenvalue weighted by Gasteiger charge is 2.46. The van der Waals surface area contributed by atoms with Gasteiger partial charge in [0.2, 0.25) is 0 Å². The third kappa shape index (κ3) is 1.96. The Morgan fingerprint density at radius 2 is 2.05 bits per heavy atom. The maximum atomic E-state index is 11.9. The fourth-order valence-corrected chi connectivity index (χ4v) is 5.03. The Hall–Kier alpha value is -1.57. The second-order valence-corrected chi connectivity index (χ2v) is 7.38. The number of Topliss-reactive ketones (excluding diaryl/α,β-unsaturated/α-hetero) is 1. The molecular formula is C20H24O2. The summed E-state index contributed by atoms with van der Waals surface area (Å²) in [6.07, 6.45) is 7.23. The van der Waals surface area contributed by atoms with Crippen molar-refractivity contribution in [2.24, 2.45) is 11.3 Å². The Morgan fingerprint density at radius 1 is 1.18 bits per heavy atom. The van der Waals surface area contributed by atoms with Gasteiger partial charge < -0.3 is 4.74 Å². The molecule has 4 rings (SSSR count). The van der Waals surface area contributed by atoms with Crippen LogP contribution in [0.15, 0.2) is 23.8 Å². The summed E-state index contributed by atoms with van der Waals surface area (Å²) in [5.74, 6) is 2.02. The summed E-state index contributed by atoms with van der Waals surface area (Å²) in [7, 11) is 1.74. The van der Waals surface area contributed by atoms with Crippen LogP contribution < -0.4 is 4.74 Å². The number of fused-ring (bicyclic) bond motifs is 4. The van der Waals surface area contributed by atoms with E-state index in [0.29, 0.717) is 11.7 Å². The Bertz CT molecular complexity index is 670. The minimum absolute atomic E-state index is 0.263. The molecule has 1 aromatic carbocycles. The Kier molecular flexibility index (Phi) is 3.18. The summed E-state index contributed by atoms with van der Waals surface area (Å²) in [4.78, 5) is 11.9. The van der Waals surface area contributed by atoms with Crippen molar-refractivity contribution in [3.63, 3.8) is 0 Å². The molecule has 0 bridgehead atoms. The van der Waals surface area contributed by atoms with Gasteiger partial charge in [-0.05, 0) is 72.3 Å². The number of benzene rings is 1. The highest BCUT2D eigenvalue weighted by Crippen LogP contribution is 2.57. The number of carbonyl (C=O) groups is 1. The smallest absolute Gasteiger partial charge is 0.133 e. The monoisotopic (exact) mass is 296 g/mol. The lowest BCUT2D eigenvalue weighted by Gasteiger charge is -2.49. The summed E-state index contributed by atoms with van der Waals surface area (Å²) < 4.78 is 5.38. The average Bonchev–Trinajstić information content (AvgIpc) is 2.54. The summed E-state index contributed by atoms with van der Waals surface area (Å²) >= 11 is 0. The minimum Gasteiger partial charge on any atom is -0.497 e. The molecule has 0 radical (unpaired) electrons. The first kappa shape index (κ1) is 14.0. The molecular weight excluding hydrogens is 272 g/mol. The lowest BCUT2D eigenvalue weighted by atomic mass is 9.55. The minimum atomic E-state index is 0.263. The summed E-state index contributed by atoms with van der Waals surface area (Å²) in [5.41, 5.74) is 6.38. The lowest BCUT2D eigenvalue weighted by Crippen LogP contribution is -2.40. The van der Waals surface area contributed by atoms with Gasteiger partial charge in [0.15, 0.2) is 0 Å². The van der Waals surface area contributed by atoms with Crippen LogP contribution in [-0.2, 0) is 11.2 Å². The van der Waals surface area contributed by atoms with Crippen molar-refractivity contribution in [2.45, 2.75) is 51.9 Å². The zero-order valence-electron chi connectivity index (χ0n) is 13.6. The lowest BCUT2D eigenvalue weighted by molar-refractivity contribution is -0.124. The maximum Gasteiger partial charge on any atom is 0.133 e. The predicted octanol–water partition coefficient (Wildman–Crippen LogP) is 4.56. The molecule has 0 aliphatic heterocycles. The van der Waals surface area contributed by atoms with Crippen LogP contribution in [0.25, 0.3) is 5.57 Å². The van der Waals surface area contributed by atoms with Crippen LogP contribution in [0.1, 0.15) is 56.6 Å². The van der Waals surface area contributed by atoms with Gasteiger partial charge in [-0.15, -0.1) is 0 Å². The van der Waals surface area contributed by atoms with Crippen LogP contribution in [0.4, 0.5) is 0 Å². The zero-order valence-corrected chi connectivity index (χ0v) is 13.6. The van der Waals surface area contributed by atoms with E-state index in [1.807, 2.05) is 0 Å². The number of aryl methyl sites for hydroxylation is 1. The van der Waals surface area contributed by atoms with Gasteiger partial charge in [-0.2, -0.15) is 0 Å². The first-order valence-electron chi connectivity index (χ1n) is 8.53. The van der Waals surface area contributed by atoms with Crippen LogP contribution in [-0.4, -0.2) is 12.9 Å². The molecule has 2 nitrogen and oxygen atoms in total. The van der Waals surface area contributed by atoms with Crippen molar-refractivity contribution >= 4 is 11.4 Å². The molecule has 1 saturated carbocycles. The normalized spacial score (nSPS) is 30.5. The van der Waals surface area contributed by atoms with Crippen LogP contribution in [0.3, 0.4) is 0 Å². The number of carbonyl (C=O) groups excluding carboxylic acids is 1. The van der Waals surface area contributed by atoms with E-state index in [2.05, 4.69) is 25.1 Å². The fourth-order valence-electron chi connectivity index (χ4n) is 5.03. The third-order valence-electron chi connectivity index (χ3n) is 6.38. The number of hydrogen-bond donors (Lipinski definition) is 0. The molecule has 0 spiro atoms.